The van der Waals surface area contributed by atoms with Crippen molar-refractivity contribution in [2.24, 2.45) is 0 Å². The van der Waals surface area contributed by atoms with Crippen molar-refractivity contribution in [1.82, 2.24) is 4.90 Å². The number of β-amino-alcohol motifs (C(OH)–C–C–N with tert-alkyl or cyclic N) is 1. The molecule has 1 heterocycles. The number of carbonyl (C=O) groups excluding carboxylic acids is 1. The summed E-state index contributed by atoms with van der Waals surface area (Å²) in [5, 5.41) is 9.81. The second-order valence-electron chi connectivity index (χ2n) is 5.44. The number of aliphatic hydroxyl groups is 1. The molecule has 1 amide bonds. The van der Waals surface area contributed by atoms with E-state index in [9.17, 15) is 18.3 Å². The van der Waals surface area contributed by atoms with E-state index in [1.165, 1.54) is 17.0 Å². The Balaban J connectivity index is 1.94. The van der Waals surface area contributed by atoms with E-state index in [4.69, 9.17) is 0 Å². The highest BCUT2D eigenvalue weighted by Gasteiger charge is 2.34. The van der Waals surface area contributed by atoms with Crippen molar-refractivity contribution >= 4 is 15.7 Å². The Morgan fingerprint density at radius 2 is 2.00 bits per heavy atom. The lowest BCUT2D eigenvalue weighted by atomic mass is 10.1. The SMILES string of the molecule is CC1(O)CCN(C(=O)CCS(=O)(=O)c2ccccc2)C1. The summed E-state index contributed by atoms with van der Waals surface area (Å²) >= 11 is 0. The number of hydrogen-bond donors (Lipinski definition) is 1. The smallest absolute Gasteiger partial charge is 0.223 e. The molecule has 0 spiro atoms. The van der Waals surface area contributed by atoms with Crippen molar-refractivity contribution in [3.05, 3.63) is 30.3 Å². The van der Waals surface area contributed by atoms with Crippen molar-refractivity contribution in [3.8, 4) is 0 Å². The van der Waals surface area contributed by atoms with Crippen LogP contribution >= 0.6 is 0 Å². The minimum Gasteiger partial charge on any atom is -0.388 e. The van der Waals surface area contributed by atoms with Crippen LogP contribution in [0.2, 0.25) is 0 Å². The zero-order valence-corrected chi connectivity index (χ0v) is 12.3. The van der Waals surface area contributed by atoms with E-state index >= 15 is 0 Å². The fourth-order valence-corrected chi connectivity index (χ4v) is 3.53. The van der Waals surface area contributed by atoms with Gasteiger partial charge in [-0.05, 0) is 25.5 Å². The van der Waals surface area contributed by atoms with Crippen LogP contribution in [0.3, 0.4) is 0 Å². The summed E-state index contributed by atoms with van der Waals surface area (Å²) in [6.45, 7) is 2.44. The lowest BCUT2D eigenvalue weighted by Crippen LogP contribution is -2.34. The largest absolute Gasteiger partial charge is 0.388 e. The van der Waals surface area contributed by atoms with Gasteiger partial charge in [0.1, 0.15) is 0 Å². The Hall–Kier alpha value is -1.40. The highest BCUT2D eigenvalue weighted by molar-refractivity contribution is 7.91. The number of sulfone groups is 1. The first-order valence-electron chi connectivity index (χ1n) is 6.58. The summed E-state index contributed by atoms with van der Waals surface area (Å²) in [6, 6.07) is 8.12. The highest BCUT2D eigenvalue weighted by Crippen LogP contribution is 2.21. The zero-order chi connectivity index (χ0) is 14.8. The number of carbonyl (C=O) groups is 1. The standard InChI is InChI=1S/C14H19NO4S/c1-14(17)8-9-15(11-14)13(16)7-10-20(18,19)12-5-3-2-4-6-12/h2-6,17H,7-11H2,1H3. The van der Waals surface area contributed by atoms with Gasteiger partial charge in [-0.15, -0.1) is 0 Å². The summed E-state index contributed by atoms with van der Waals surface area (Å²) < 4.78 is 24.1. The molecule has 20 heavy (non-hydrogen) atoms. The fourth-order valence-electron chi connectivity index (χ4n) is 2.28. The van der Waals surface area contributed by atoms with E-state index in [2.05, 4.69) is 0 Å². The van der Waals surface area contributed by atoms with Crippen molar-refractivity contribution in [2.45, 2.75) is 30.3 Å². The topological polar surface area (TPSA) is 74.7 Å². The molecule has 0 radical (unpaired) electrons. The van der Waals surface area contributed by atoms with Crippen LogP contribution in [-0.4, -0.2) is 48.8 Å². The molecule has 1 atom stereocenters. The predicted molar refractivity (Wildman–Crippen MR) is 74.9 cm³/mol. The van der Waals surface area contributed by atoms with E-state index in [1.54, 1.807) is 25.1 Å². The molecule has 1 aromatic rings. The molecular formula is C14H19NO4S. The molecule has 1 aromatic carbocycles. The Kier molecular flexibility index (Phi) is 4.15. The molecule has 0 bridgehead atoms. The lowest BCUT2D eigenvalue weighted by Gasteiger charge is -2.19. The van der Waals surface area contributed by atoms with Gasteiger partial charge in [-0.1, -0.05) is 18.2 Å². The lowest BCUT2D eigenvalue weighted by molar-refractivity contribution is -0.130. The van der Waals surface area contributed by atoms with Crippen molar-refractivity contribution < 1.29 is 18.3 Å². The highest BCUT2D eigenvalue weighted by atomic mass is 32.2. The Morgan fingerprint density at radius 1 is 1.35 bits per heavy atom. The maximum absolute atomic E-state index is 12.1. The van der Waals surface area contributed by atoms with Crippen LogP contribution < -0.4 is 0 Å². The summed E-state index contributed by atoms with van der Waals surface area (Å²) in [6.07, 6.45) is 0.484. The van der Waals surface area contributed by atoms with Crippen LogP contribution in [0.1, 0.15) is 19.8 Å². The first kappa shape index (κ1) is 15.0. The van der Waals surface area contributed by atoms with Gasteiger partial charge in [0.05, 0.1) is 16.2 Å². The molecule has 1 saturated heterocycles. The molecule has 1 aliphatic heterocycles. The summed E-state index contributed by atoms with van der Waals surface area (Å²) in [5.41, 5.74) is -0.853. The molecule has 1 unspecified atom stereocenters. The number of nitrogens with zero attached hydrogens (tertiary/aromatic N) is 1. The molecule has 2 rings (SSSR count). The quantitative estimate of drug-likeness (QED) is 0.893. The summed E-state index contributed by atoms with van der Waals surface area (Å²) in [5.74, 6) is -0.420. The van der Waals surface area contributed by atoms with Crippen LogP contribution in [0.5, 0.6) is 0 Å². The fraction of sp³-hybridized carbons (Fsp3) is 0.500. The minimum atomic E-state index is -3.42. The van der Waals surface area contributed by atoms with Gasteiger partial charge in [0.2, 0.25) is 5.91 Å². The Morgan fingerprint density at radius 3 is 2.55 bits per heavy atom. The Labute approximate surface area is 119 Å². The number of likely N-dealkylation sites (tertiary alicyclic amines) is 1. The van der Waals surface area contributed by atoms with Gasteiger partial charge in [0, 0.05) is 19.5 Å². The number of benzene rings is 1. The molecular weight excluding hydrogens is 278 g/mol. The van der Waals surface area contributed by atoms with Gasteiger partial charge in [0.25, 0.3) is 0 Å². The number of hydrogen-bond acceptors (Lipinski definition) is 4. The van der Waals surface area contributed by atoms with Crippen molar-refractivity contribution in [3.63, 3.8) is 0 Å². The predicted octanol–water partition coefficient (Wildman–Crippen LogP) is 0.834. The van der Waals surface area contributed by atoms with Crippen LogP contribution in [0.15, 0.2) is 35.2 Å². The van der Waals surface area contributed by atoms with Crippen LogP contribution in [0, 0.1) is 0 Å². The first-order chi connectivity index (χ1) is 9.30. The molecule has 1 aliphatic rings. The van der Waals surface area contributed by atoms with Crippen LogP contribution in [0.25, 0.3) is 0 Å². The Bertz CT molecular complexity index is 580. The van der Waals surface area contributed by atoms with Crippen molar-refractivity contribution in [1.29, 1.82) is 0 Å². The van der Waals surface area contributed by atoms with Crippen LogP contribution in [-0.2, 0) is 14.6 Å². The van der Waals surface area contributed by atoms with Gasteiger partial charge < -0.3 is 10.0 Å². The second kappa shape index (κ2) is 5.54. The average molecular weight is 297 g/mol. The van der Waals surface area contributed by atoms with E-state index in [1.807, 2.05) is 0 Å². The number of amides is 1. The normalized spacial score (nSPS) is 23.0. The van der Waals surface area contributed by atoms with Gasteiger partial charge in [-0.25, -0.2) is 8.42 Å². The summed E-state index contributed by atoms with van der Waals surface area (Å²) in [7, 11) is -3.42. The molecule has 1 N–H and O–H groups in total. The zero-order valence-electron chi connectivity index (χ0n) is 11.4. The third-order valence-corrected chi connectivity index (χ3v) is 5.22. The summed E-state index contributed by atoms with van der Waals surface area (Å²) in [4.78, 5) is 13.7. The molecule has 0 aromatic heterocycles. The van der Waals surface area contributed by atoms with Crippen LogP contribution in [0.4, 0.5) is 0 Å². The average Bonchev–Trinajstić information content (AvgIpc) is 2.78. The third-order valence-electron chi connectivity index (χ3n) is 3.49. The second-order valence-corrected chi connectivity index (χ2v) is 7.55. The molecule has 0 saturated carbocycles. The van der Waals surface area contributed by atoms with E-state index in [0.29, 0.717) is 13.0 Å². The van der Waals surface area contributed by atoms with Gasteiger partial charge in [0.15, 0.2) is 9.84 Å². The van der Waals surface area contributed by atoms with E-state index in [-0.39, 0.29) is 29.5 Å². The molecule has 5 nitrogen and oxygen atoms in total. The minimum absolute atomic E-state index is 0.0483. The molecule has 110 valence electrons. The van der Waals surface area contributed by atoms with Gasteiger partial charge in [-0.3, -0.25) is 4.79 Å². The third kappa shape index (κ3) is 3.58. The van der Waals surface area contributed by atoms with E-state index in [0.717, 1.165) is 0 Å². The van der Waals surface area contributed by atoms with Crippen molar-refractivity contribution in [2.75, 3.05) is 18.8 Å². The monoisotopic (exact) mass is 297 g/mol. The maximum Gasteiger partial charge on any atom is 0.223 e. The van der Waals surface area contributed by atoms with E-state index < -0.39 is 15.4 Å². The first-order valence-corrected chi connectivity index (χ1v) is 8.23. The molecule has 0 aliphatic carbocycles. The molecule has 6 heteroatoms. The molecule has 1 fully saturated rings. The number of rotatable bonds is 4. The maximum atomic E-state index is 12.1. The van der Waals surface area contributed by atoms with Gasteiger partial charge >= 0.3 is 0 Å². The van der Waals surface area contributed by atoms with Gasteiger partial charge in [-0.2, -0.15) is 0 Å².